The first-order valence-corrected chi connectivity index (χ1v) is 11.0. The average molecular weight is 407 g/mol. The molecule has 0 bridgehead atoms. The molecule has 0 aliphatic heterocycles. The van der Waals surface area contributed by atoms with Gasteiger partial charge in [0.2, 0.25) is 0 Å². The Morgan fingerprint density at radius 3 is 2.23 bits per heavy atom. The van der Waals surface area contributed by atoms with Gasteiger partial charge in [0.05, 0.1) is 0 Å². The van der Waals surface area contributed by atoms with Crippen LogP contribution in [-0.4, -0.2) is 27.8 Å². The number of aryl methyl sites for hydroxylation is 1. The van der Waals surface area contributed by atoms with Crippen molar-refractivity contribution in [2.24, 2.45) is 5.73 Å². The van der Waals surface area contributed by atoms with Crippen molar-refractivity contribution in [2.75, 3.05) is 12.3 Å². The third-order valence-electron chi connectivity index (χ3n) is 5.81. The number of anilines is 1. The molecule has 0 unspecified atom stereocenters. The van der Waals surface area contributed by atoms with Crippen LogP contribution in [0.5, 0.6) is 0 Å². The van der Waals surface area contributed by atoms with Crippen LogP contribution in [0.15, 0.2) is 66.7 Å². The number of hydrogen-bond donors (Lipinski definition) is 3. The van der Waals surface area contributed by atoms with Gasteiger partial charge in [0.1, 0.15) is 7.85 Å². The summed E-state index contributed by atoms with van der Waals surface area (Å²) < 4.78 is 0. The van der Waals surface area contributed by atoms with Crippen molar-refractivity contribution < 1.29 is 0 Å². The van der Waals surface area contributed by atoms with Gasteiger partial charge in [-0.2, -0.15) is 0 Å². The lowest BCUT2D eigenvalue weighted by Crippen LogP contribution is -2.13. The zero-order valence-corrected chi connectivity index (χ0v) is 18.8. The molecule has 156 valence electrons. The Morgan fingerprint density at radius 1 is 0.935 bits per heavy atom. The van der Waals surface area contributed by atoms with E-state index in [0.717, 1.165) is 30.4 Å². The molecule has 31 heavy (non-hydrogen) atoms. The van der Waals surface area contributed by atoms with E-state index in [0.29, 0.717) is 17.8 Å². The van der Waals surface area contributed by atoms with Crippen LogP contribution < -0.4 is 16.9 Å². The first-order chi connectivity index (χ1) is 15.0. The van der Waals surface area contributed by atoms with Crippen LogP contribution in [0.1, 0.15) is 47.6 Å². The lowest BCUT2D eigenvalue weighted by Gasteiger charge is -2.19. The van der Waals surface area contributed by atoms with Gasteiger partial charge in [-0.1, -0.05) is 72.5 Å². The highest BCUT2D eigenvalue weighted by molar-refractivity contribution is 6.64. The van der Waals surface area contributed by atoms with Crippen LogP contribution in [0.25, 0.3) is 11.1 Å². The lowest BCUT2D eigenvalue weighted by atomic mass is 9.81. The van der Waals surface area contributed by atoms with E-state index in [1.807, 2.05) is 12.1 Å². The van der Waals surface area contributed by atoms with Gasteiger partial charge < -0.3 is 16.9 Å². The molecule has 3 nitrogen and oxygen atoms in total. The zero-order valence-electron chi connectivity index (χ0n) is 18.8. The van der Waals surface area contributed by atoms with E-state index in [-0.39, 0.29) is 0 Å². The molecule has 0 radical (unpaired) electrons. The van der Waals surface area contributed by atoms with E-state index < -0.39 is 0 Å². The molecule has 3 aromatic rings. The zero-order chi connectivity index (χ0) is 22.4. The summed E-state index contributed by atoms with van der Waals surface area (Å²) in [6, 6.07) is 23.3. The fraction of sp³-hybridized carbons (Fsp3) is 0.192. The topological polar surface area (TPSA) is 75.9 Å². The van der Waals surface area contributed by atoms with Gasteiger partial charge in [-0.05, 0) is 71.4 Å². The predicted molar refractivity (Wildman–Crippen MR) is 141 cm³/mol. The number of allylic oxidation sites excluding steroid dienone is 1. The number of rotatable bonds is 8. The van der Waals surface area contributed by atoms with E-state index in [9.17, 15) is 0 Å². The maximum absolute atomic E-state index is 8.16. The molecule has 0 aromatic heterocycles. The van der Waals surface area contributed by atoms with Crippen molar-refractivity contribution >= 4 is 43.6 Å². The smallest absolute Gasteiger partial charge is 0.163 e. The van der Waals surface area contributed by atoms with Crippen LogP contribution in [-0.2, 0) is 6.42 Å². The molecule has 3 aromatic carbocycles. The Labute approximate surface area is 187 Å². The molecule has 0 saturated heterocycles. The van der Waals surface area contributed by atoms with Crippen molar-refractivity contribution in [3.05, 3.63) is 94.5 Å². The summed E-state index contributed by atoms with van der Waals surface area (Å²) in [6.07, 6.45) is 2.89. The predicted octanol–water partition coefficient (Wildman–Crippen LogP) is 2.75. The number of nitrogens with two attached hydrogens (primary N) is 2. The summed E-state index contributed by atoms with van der Waals surface area (Å²) in [4.78, 5) is 0. The first-order valence-electron chi connectivity index (χ1n) is 11.0. The van der Waals surface area contributed by atoms with Crippen molar-refractivity contribution in [3.8, 4) is 0 Å². The monoisotopic (exact) mass is 407 g/mol. The molecule has 5 N–H and O–H groups in total. The minimum absolute atomic E-state index is 0.477. The number of nitrogen functional groups attached to an aromatic ring is 1. The minimum atomic E-state index is 0.477. The molecule has 0 amide bonds. The number of hydrogen-bond acceptors (Lipinski definition) is 3. The van der Waals surface area contributed by atoms with Crippen molar-refractivity contribution in [3.63, 3.8) is 0 Å². The van der Waals surface area contributed by atoms with Crippen LogP contribution in [0.4, 0.5) is 5.69 Å². The molecule has 3 rings (SSSR count). The third-order valence-corrected chi connectivity index (χ3v) is 5.81. The fourth-order valence-electron chi connectivity index (χ4n) is 4.14. The summed E-state index contributed by atoms with van der Waals surface area (Å²) in [7, 11) is 3.96. The lowest BCUT2D eigenvalue weighted by molar-refractivity contribution is 0.836. The molecule has 0 spiro atoms. The average Bonchev–Trinajstić information content (AvgIpc) is 2.77. The second kappa shape index (κ2) is 10.3. The largest absolute Gasteiger partial charge is 0.398 e. The van der Waals surface area contributed by atoms with Gasteiger partial charge in [-0.3, -0.25) is 0 Å². The molecule has 0 atom stereocenters. The summed E-state index contributed by atoms with van der Waals surface area (Å²) in [5.41, 5.74) is 22.4. The van der Waals surface area contributed by atoms with Gasteiger partial charge in [0.25, 0.3) is 0 Å². The van der Waals surface area contributed by atoms with Gasteiger partial charge in [0, 0.05) is 11.3 Å². The van der Waals surface area contributed by atoms with Crippen LogP contribution >= 0.6 is 0 Å². The molecule has 0 aliphatic rings. The summed E-state index contributed by atoms with van der Waals surface area (Å²) in [5, 5.41) is 8.16. The van der Waals surface area contributed by atoms with Gasteiger partial charge in [0.15, 0.2) is 7.85 Å². The maximum atomic E-state index is 8.16. The first kappa shape index (κ1) is 22.6. The van der Waals surface area contributed by atoms with E-state index in [1.165, 1.54) is 33.3 Å². The van der Waals surface area contributed by atoms with Crippen LogP contribution in [0.2, 0.25) is 0 Å². The molecule has 0 aliphatic carbocycles. The number of benzene rings is 3. The maximum Gasteiger partial charge on any atom is 0.163 e. The van der Waals surface area contributed by atoms with E-state index >= 15 is 0 Å². The quantitative estimate of drug-likeness (QED) is 0.233. The molecule has 0 saturated carbocycles. The minimum Gasteiger partial charge on any atom is -0.398 e. The van der Waals surface area contributed by atoms with Crippen molar-refractivity contribution in [1.29, 1.82) is 5.41 Å². The van der Waals surface area contributed by atoms with Crippen molar-refractivity contribution in [1.82, 2.24) is 0 Å². The van der Waals surface area contributed by atoms with Crippen molar-refractivity contribution in [2.45, 2.75) is 26.2 Å². The Bertz CT molecular complexity index is 1100. The highest BCUT2D eigenvalue weighted by Gasteiger charge is 2.15. The van der Waals surface area contributed by atoms with E-state index in [2.05, 4.69) is 69.4 Å². The Hall–Kier alpha value is -3.04. The molecular weight excluding hydrogens is 376 g/mol. The molecule has 0 fully saturated rings. The second-order valence-electron chi connectivity index (χ2n) is 8.03. The highest BCUT2D eigenvalue weighted by Crippen LogP contribution is 2.35. The van der Waals surface area contributed by atoms with Crippen LogP contribution in [0, 0.1) is 5.41 Å². The Balaban J connectivity index is 2.26. The second-order valence-corrected chi connectivity index (χ2v) is 8.03. The Morgan fingerprint density at radius 2 is 1.61 bits per heavy atom. The van der Waals surface area contributed by atoms with E-state index in [4.69, 9.17) is 16.9 Å². The van der Waals surface area contributed by atoms with Gasteiger partial charge in [-0.15, -0.1) is 0 Å². The molecule has 0 heterocycles. The third kappa shape index (κ3) is 5.18. The number of nitrogens with one attached hydrogen (secondary N) is 1. The molecular formula is C26H31B2N3. The summed E-state index contributed by atoms with van der Waals surface area (Å²) in [5.74, 6) is 0. The van der Waals surface area contributed by atoms with E-state index in [1.54, 1.807) is 7.85 Å². The van der Waals surface area contributed by atoms with Crippen LogP contribution in [0.3, 0.4) is 0 Å². The normalized spacial score (nSPS) is 11.8. The summed E-state index contributed by atoms with van der Waals surface area (Å²) in [6.45, 7) is 2.91. The SMILES string of the molecule is BC(=N)c1cc(/C(=C(\CC)c2ccccc2)c2ccc(CCCN)c(B)c2)ccc1N. The summed E-state index contributed by atoms with van der Waals surface area (Å²) >= 11 is 0. The fourth-order valence-corrected chi connectivity index (χ4v) is 4.14. The molecule has 5 heteroatoms. The standard InChI is InChI=1S/C26H31B2N3/c1-2-21(17-7-4-3-5-8-17)25(19-12-13-24(30)22(15-19)26(28)31)20-11-10-18(9-6-14-29)23(27)16-20/h3-5,7-8,10-13,15-16,31H,2,6,9,14,27-30H2,1H3/b25-21-,31-26?. The van der Waals surface area contributed by atoms with Gasteiger partial charge in [-0.25, -0.2) is 0 Å². The van der Waals surface area contributed by atoms with Gasteiger partial charge >= 0.3 is 0 Å². The highest BCUT2D eigenvalue weighted by atomic mass is 14.6. The Kier molecular flexibility index (Phi) is 7.54.